The van der Waals surface area contributed by atoms with E-state index in [0.29, 0.717) is 38.6 Å². The summed E-state index contributed by atoms with van der Waals surface area (Å²) in [5, 5.41) is 19.4. The Balaban J connectivity index is 1.84. The van der Waals surface area contributed by atoms with E-state index in [1.165, 1.54) is 11.8 Å². The number of fused-ring (bicyclic) bond motifs is 1. The van der Waals surface area contributed by atoms with Crippen molar-refractivity contribution in [3.8, 4) is 17.8 Å². The molecule has 0 N–H and O–H groups in total. The molecule has 3 aromatic carbocycles. The van der Waals surface area contributed by atoms with Crippen LogP contribution in [-0.2, 0) is 5.75 Å². The van der Waals surface area contributed by atoms with E-state index in [-0.39, 0.29) is 5.56 Å². The molecule has 0 fully saturated rings. The fraction of sp³-hybridized carbons (Fsp3) is 0.0435. The second-order valence-electron chi connectivity index (χ2n) is 6.27. The van der Waals surface area contributed by atoms with E-state index in [4.69, 9.17) is 10.2 Å². The summed E-state index contributed by atoms with van der Waals surface area (Å²) in [6.45, 7) is 0. The number of para-hydroxylation sites is 1. The van der Waals surface area contributed by atoms with Crippen LogP contribution in [0.4, 0.5) is 0 Å². The van der Waals surface area contributed by atoms with Crippen molar-refractivity contribution >= 4 is 22.7 Å². The zero-order valence-corrected chi connectivity index (χ0v) is 16.1. The Morgan fingerprint density at radius 1 is 0.897 bits per heavy atom. The first-order valence-electron chi connectivity index (χ1n) is 8.84. The molecule has 1 aromatic heterocycles. The maximum Gasteiger partial charge on any atom is 0.266 e. The summed E-state index contributed by atoms with van der Waals surface area (Å²) in [5.41, 5.74) is 3.10. The van der Waals surface area contributed by atoms with Crippen LogP contribution >= 0.6 is 11.8 Å². The van der Waals surface area contributed by atoms with Crippen LogP contribution in [0.15, 0.2) is 82.7 Å². The highest BCUT2D eigenvalue weighted by Crippen LogP contribution is 2.26. The lowest BCUT2D eigenvalue weighted by Gasteiger charge is -2.13. The summed E-state index contributed by atoms with van der Waals surface area (Å²) in [5.74, 6) is 0.505. The monoisotopic (exact) mass is 394 g/mol. The standard InChI is InChI=1S/C23H14N4OS/c24-13-16-9-11-19(12-10-16)27-22(28)20-7-3-4-8-21(20)26-23(27)29-15-18-6-2-1-5-17(18)14-25/h1-12H,15H2. The van der Waals surface area contributed by atoms with Gasteiger partial charge in [0.2, 0.25) is 0 Å². The van der Waals surface area contributed by atoms with Gasteiger partial charge in [-0.15, -0.1) is 0 Å². The molecule has 0 bridgehead atoms. The van der Waals surface area contributed by atoms with Crippen molar-refractivity contribution in [3.05, 3.63) is 99.8 Å². The second kappa shape index (κ2) is 8.02. The Hall–Kier alpha value is -3.87. The lowest BCUT2D eigenvalue weighted by atomic mass is 10.1. The molecule has 0 saturated heterocycles. The second-order valence-corrected chi connectivity index (χ2v) is 7.21. The van der Waals surface area contributed by atoms with E-state index < -0.39 is 0 Å². The number of benzene rings is 3. The average Bonchev–Trinajstić information content (AvgIpc) is 2.78. The molecule has 0 atom stereocenters. The van der Waals surface area contributed by atoms with Gasteiger partial charge >= 0.3 is 0 Å². The summed E-state index contributed by atoms with van der Waals surface area (Å²) in [7, 11) is 0. The van der Waals surface area contributed by atoms with Gasteiger partial charge in [-0.2, -0.15) is 10.5 Å². The molecule has 29 heavy (non-hydrogen) atoms. The molecule has 0 unspecified atom stereocenters. The van der Waals surface area contributed by atoms with Crippen LogP contribution in [0.3, 0.4) is 0 Å². The fourth-order valence-corrected chi connectivity index (χ4v) is 4.04. The van der Waals surface area contributed by atoms with Gasteiger partial charge in [0.05, 0.1) is 39.9 Å². The van der Waals surface area contributed by atoms with Crippen molar-refractivity contribution in [1.82, 2.24) is 9.55 Å². The Morgan fingerprint density at radius 2 is 1.62 bits per heavy atom. The van der Waals surface area contributed by atoms with Gasteiger partial charge in [-0.05, 0) is 48.0 Å². The molecule has 0 radical (unpaired) electrons. The fourth-order valence-electron chi connectivity index (χ4n) is 3.02. The van der Waals surface area contributed by atoms with Crippen LogP contribution in [-0.4, -0.2) is 9.55 Å². The number of rotatable bonds is 4. The number of nitrogens with zero attached hydrogens (tertiary/aromatic N) is 4. The van der Waals surface area contributed by atoms with Crippen LogP contribution in [0, 0.1) is 22.7 Å². The predicted octanol–water partition coefficient (Wildman–Crippen LogP) is 4.42. The zero-order chi connectivity index (χ0) is 20.2. The maximum absolute atomic E-state index is 13.2. The molecule has 0 aliphatic rings. The molecule has 4 aromatic rings. The number of hydrogen-bond donors (Lipinski definition) is 0. The molecule has 5 nitrogen and oxygen atoms in total. The maximum atomic E-state index is 13.2. The van der Waals surface area contributed by atoms with Gasteiger partial charge in [-0.1, -0.05) is 42.1 Å². The van der Waals surface area contributed by atoms with Crippen molar-refractivity contribution in [2.75, 3.05) is 0 Å². The lowest BCUT2D eigenvalue weighted by molar-refractivity contribution is 0.819. The summed E-state index contributed by atoms with van der Waals surface area (Å²) in [6.07, 6.45) is 0. The molecule has 0 amide bonds. The van der Waals surface area contributed by atoms with Crippen molar-refractivity contribution in [2.45, 2.75) is 10.9 Å². The Morgan fingerprint density at radius 3 is 2.38 bits per heavy atom. The summed E-state index contributed by atoms with van der Waals surface area (Å²) >= 11 is 1.40. The Kier molecular flexibility index (Phi) is 5.11. The SMILES string of the molecule is N#Cc1ccc(-n2c(SCc3ccccc3C#N)nc3ccccc3c2=O)cc1. The highest BCUT2D eigenvalue weighted by molar-refractivity contribution is 7.98. The van der Waals surface area contributed by atoms with Crippen LogP contribution in [0.25, 0.3) is 16.6 Å². The first kappa shape index (κ1) is 18.5. The van der Waals surface area contributed by atoms with E-state index in [1.54, 1.807) is 41.0 Å². The number of aromatic nitrogens is 2. The van der Waals surface area contributed by atoms with Crippen LogP contribution in [0.1, 0.15) is 16.7 Å². The van der Waals surface area contributed by atoms with Gasteiger partial charge in [-0.25, -0.2) is 4.98 Å². The van der Waals surface area contributed by atoms with Gasteiger partial charge < -0.3 is 0 Å². The van der Waals surface area contributed by atoms with Gasteiger partial charge in [0.1, 0.15) is 0 Å². The number of thioether (sulfide) groups is 1. The topological polar surface area (TPSA) is 82.5 Å². The first-order valence-corrected chi connectivity index (χ1v) is 9.83. The molecule has 4 rings (SSSR count). The summed E-state index contributed by atoms with van der Waals surface area (Å²) in [4.78, 5) is 17.9. The molecular weight excluding hydrogens is 380 g/mol. The third-order valence-corrected chi connectivity index (χ3v) is 5.48. The summed E-state index contributed by atoms with van der Waals surface area (Å²) < 4.78 is 1.56. The lowest BCUT2D eigenvalue weighted by Crippen LogP contribution is -2.21. The molecular formula is C23H14N4OS. The third-order valence-electron chi connectivity index (χ3n) is 4.49. The smallest absolute Gasteiger partial charge is 0.266 e. The van der Waals surface area contributed by atoms with E-state index >= 15 is 0 Å². The van der Waals surface area contributed by atoms with Gasteiger partial charge in [0.15, 0.2) is 5.16 Å². The number of nitriles is 2. The average molecular weight is 394 g/mol. The summed E-state index contributed by atoms with van der Waals surface area (Å²) in [6, 6.07) is 25.7. The van der Waals surface area contributed by atoms with Gasteiger partial charge in [0, 0.05) is 5.75 Å². The normalized spacial score (nSPS) is 10.4. The highest BCUT2D eigenvalue weighted by atomic mass is 32.2. The minimum absolute atomic E-state index is 0.170. The molecule has 0 saturated carbocycles. The molecule has 1 heterocycles. The minimum atomic E-state index is -0.170. The highest BCUT2D eigenvalue weighted by Gasteiger charge is 2.14. The zero-order valence-electron chi connectivity index (χ0n) is 15.2. The predicted molar refractivity (Wildman–Crippen MR) is 113 cm³/mol. The van der Waals surface area contributed by atoms with Crippen molar-refractivity contribution in [2.24, 2.45) is 0 Å². The van der Waals surface area contributed by atoms with E-state index in [9.17, 15) is 10.1 Å². The van der Waals surface area contributed by atoms with Crippen LogP contribution < -0.4 is 5.56 Å². The van der Waals surface area contributed by atoms with Gasteiger partial charge in [-0.3, -0.25) is 9.36 Å². The van der Waals surface area contributed by atoms with Gasteiger partial charge in [0.25, 0.3) is 5.56 Å². The molecule has 0 aliphatic carbocycles. The third kappa shape index (κ3) is 3.62. The molecule has 0 spiro atoms. The molecule has 6 heteroatoms. The van der Waals surface area contributed by atoms with Crippen LogP contribution in [0.5, 0.6) is 0 Å². The van der Waals surface area contributed by atoms with Crippen molar-refractivity contribution in [3.63, 3.8) is 0 Å². The van der Waals surface area contributed by atoms with Crippen LogP contribution in [0.2, 0.25) is 0 Å². The quantitative estimate of drug-likeness (QED) is 0.378. The van der Waals surface area contributed by atoms with E-state index in [0.717, 1.165) is 5.56 Å². The Labute approximate surface area is 171 Å². The first-order chi connectivity index (χ1) is 14.2. The minimum Gasteiger partial charge on any atom is -0.268 e. The Bertz CT molecular complexity index is 1340. The molecule has 138 valence electrons. The van der Waals surface area contributed by atoms with E-state index in [2.05, 4.69) is 12.1 Å². The largest absolute Gasteiger partial charge is 0.268 e. The van der Waals surface area contributed by atoms with Crippen molar-refractivity contribution < 1.29 is 0 Å². The van der Waals surface area contributed by atoms with Crippen molar-refractivity contribution in [1.29, 1.82) is 10.5 Å². The molecule has 0 aliphatic heterocycles. The number of hydrogen-bond acceptors (Lipinski definition) is 5. The van der Waals surface area contributed by atoms with E-state index in [1.807, 2.05) is 36.4 Å².